The van der Waals surface area contributed by atoms with Crippen LogP contribution in [0.2, 0.25) is 0 Å². The molecule has 300 valence electrons. The third-order valence-corrected chi connectivity index (χ3v) is 8.79. The van der Waals surface area contributed by atoms with Gasteiger partial charge in [-0.2, -0.15) is 0 Å². The van der Waals surface area contributed by atoms with Gasteiger partial charge in [-0.05, 0) is 96.0 Å². The lowest BCUT2D eigenvalue weighted by Gasteiger charge is -2.14. The van der Waals surface area contributed by atoms with Crippen LogP contribution in [0.5, 0.6) is 0 Å². The van der Waals surface area contributed by atoms with Crippen LogP contribution >= 0.6 is 0 Å². The largest absolute Gasteiger partial charge is 0.480 e. The van der Waals surface area contributed by atoms with Crippen molar-refractivity contribution in [3.8, 4) is 0 Å². The summed E-state index contributed by atoms with van der Waals surface area (Å²) in [6.07, 6.45) is 57.2. The van der Waals surface area contributed by atoms with Crippen molar-refractivity contribution in [3.05, 3.63) is 85.1 Å². The van der Waals surface area contributed by atoms with E-state index in [4.69, 9.17) is 9.84 Å². The number of hydrogen-bond acceptors (Lipinski definition) is 4. The van der Waals surface area contributed by atoms with Crippen molar-refractivity contribution in [2.24, 2.45) is 0 Å². The van der Waals surface area contributed by atoms with Crippen molar-refractivity contribution in [1.82, 2.24) is 5.32 Å². The molecule has 1 amide bonds. The maximum absolute atomic E-state index is 12.7. The molecular weight excluding hydrogens is 659 g/mol. The van der Waals surface area contributed by atoms with Crippen molar-refractivity contribution in [2.75, 3.05) is 6.54 Å². The molecule has 0 saturated heterocycles. The molecule has 0 rings (SSSR count). The van der Waals surface area contributed by atoms with Crippen molar-refractivity contribution in [2.45, 2.75) is 187 Å². The minimum Gasteiger partial charge on any atom is -0.480 e. The molecule has 0 radical (unpaired) electrons. The number of nitrogens with one attached hydrogen (secondary N) is 1. The zero-order valence-corrected chi connectivity index (χ0v) is 33.8. The van der Waals surface area contributed by atoms with Gasteiger partial charge in [0.15, 0.2) is 0 Å². The Balaban J connectivity index is 4.20. The number of carboxylic acid groups (broad SMARTS) is 1. The summed E-state index contributed by atoms with van der Waals surface area (Å²) in [5, 5.41) is 11.1. The number of rotatable bonds is 37. The highest BCUT2D eigenvalue weighted by Gasteiger charge is 2.11. The predicted octanol–water partition coefficient (Wildman–Crippen LogP) is 13.2. The predicted molar refractivity (Wildman–Crippen MR) is 226 cm³/mol. The molecule has 0 aromatic carbocycles. The number of hydrogen-bond donors (Lipinski definition) is 2. The second-order valence-corrected chi connectivity index (χ2v) is 13.9. The van der Waals surface area contributed by atoms with Crippen LogP contribution in [0.4, 0.5) is 0 Å². The molecule has 0 aromatic heterocycles. The standard InChI is InChI=1S/C47H77NO5/c1-3-5-7-9-11-13-14-15-16-17-18-19-20-21-22-23-24-26-28-34-38-42-47(52)53-44(39-35-31-27-25-12-10-8-6-4-2)40-36-32-29-30-33-37-41-45(49)48-43-46(50)51/h5,7,11,13,15-16,18-19,21-22,25,27,35,39,44H,3-4,6,8-10,12,14,17,20,23-24,26,28-34,36-38,40-43H2,1-2H3,(H,48,49)(H,50,51)/b7-5-,13-11-,16-15-,19-18-,22-21-,27-25-,39-35-. The number of carboxylic acids is 1. The lowest BCUT2D eigenvalue weighted by Crippen LogP contribution is -2.28. The van der Waals surface area contributed by atoms with Crippen LogP contribution in [-0.2, 0) is 19.1 Å². The minimum atomic E-state index is -1.02. The van der Waals surface area contributed by atoms with Crippen LogP contribution < -0.4 is 5.32 Å². The average Bonchev–Trinajstić information content (AvgIpc) is 3.14. The number of amides is 1. The van der Waals surface area contributed by atoms with Gasteiger partial charge in [0.25, 0.3) is 0 Å². The Bertz CT molecular complexity index is 1080. The lowest BCUT2D eigenvalue weighted by molar-refractivity contribution is -0.147. The summed E-state index contributed by atoms with van der Waals surface area (Å²) in [5.74, 6) is -1.32. The summed E-state index contributed by atoms with van der Waals surface area (Å²) in [6, 6.07) is 0. The Morgan fingerprint density at radius 2 is 0.981 bits per heavy atom. The zero-order valence-electron chi connectivity index (χ0n) is 33.8. The monoisotopic (exact) mass is 736 g/mol. The molecule has 53 heavy (non-hydrogen) atoms. The van der Waals surface area contributed by atoms with Gasteiger partial charge >= 0.3 is 11.9 Å². The van der Waals surface area contributed by atoms with Gasteiger partial charge in [-0.25, -0.2) is 0 Å². The molecule has 0 aromatic rings. The first-order valence-electron chi connectivity index (χ1n) is 21.2. The smallest absolute Gasteiger partial charge is 0.322 e. The minimum absolute atomic E-state index is 0.0916. The van der Waals surface area contributed by atoms with E-state index >= 15 is 0 Å². The molecule has 0 aliphatic carbocycles. The molecule has 0 fully saturated rings. The summed E-state index contributed by atoms with van der Waals surface area (Å²) >= 11 is 0. The molecule has 0 spiro atoms. The van der Waals surface area contributed by atoms with Gasteiger partial charge in [-0.1, -0.05) is 157 Å². The maximum Gasteiger partial charge on any atom is 0.322 e. The summed E-state index contributed by atoms with van der Waals surface area (Å²) in [6.45, 7) is 4.07. The van der Waals surface area contributed by atoms with E-state index in [1.54, 1.807) is 0 Å². The molecule has 6 heteroatoms. The van der Waals surface area contributed by atoms with E-state index in [1.807, 2.05) is 0 Å². The highest BCUT2D eigenvalue weighted by molar-refractivity contribution is 5.80. The lowest BCUT2D eigenvalue weighted by atomic mass is 10.1. The van der Waals surface area contributed by atoms with E-state index in [2.05, 4.69) is 104 Å². The van der Waals surface area contributed by atoms with Crippen molar-refractivity contribution in [3.63, 3.8) is 0 Å². The SMILES string of the molecule is CC/C=C\C/C=C\C/C=C\C/C=C\C/C=C\CCCCCCCC(=O)OC(/C=C\C/C=C\CCCCCC)CCCCCCCCC(=O)NCC(=O)O. The van der Waals surface area contributed by atoms with Gasteiger partial charge in [0.05, 0.1) is 0 Å². The number of unbranched alkanes of at least 4 members (excludes halogenated alkanes) is 14. The highest BCUT2D eigenvalue weighted by atomic mass is 16.5. The normalized spacial score (nSPS) is 12.9. The van der Waals surface area contributed by atoms with Crippen LogP contribution in [0.1, 0.15) is 181 Å². The van der Waals surface area contributed by atoms with Crippen LogP contribution in [0.15, 0.2) is 85.1 Å². The first kappa shape index (κ1) is 49.6. The van der Waals surface area contributed by atoms with Gasteiger partial charge in [-0.3, -0.25) is 14.4 Å². The third kappa shape index (κ3) is 41.2. The van der Waals surface area contributed by atoms with E-state index in [9.17, 15) is 14.4 Å². The average molecular weight is 736 g/mol. The van der Waals surface area contributed by atoms with Crippen LogP contribution in [0.25, 0.3) is 0 Å². The molecule has 1 unspecified atom stereocenters. The van der Waals surface area contributed by atoms with Crippen molar-refractivity contribution >= 4 is 17.8 Å². The molecule has 6 nitrogen and oxygen atoms in total. The molecular formula is C47H77NO5. The summed E-state index contributed by atoms with van der Waals surface area (Å²) in [7, 11) is 0. The second kappa shape index (κ2) is 41.3. The Morgan fingerprint density at radius 1 is 0.528 bits per heavy atom. The summed E-state index contributed by atoms with van der Waals surface area (Å²) in [4.78, 5) is 34.9. The molecule has 0 bridgehead atoms. The number of carbonyl (C=O) groups is 3. The van der Waals surface area contributed by atoms with E-state index < -0.39 is 5.97 Å². The number of aliphatic carboxylic acids is 1. The molecule has 0 aliphatic rings. The van der Waals surface area contributed by atoms with E-state index in [-0.39, 0.29) is 24.5 Å². The van der Waals surface area contributed by atoms with Crippen molar-refractivity contribution < 1.29 is 24.2 Å². The summed E-state index contributed by atoms with van der Waals surface area (Å²) < 4.78 is 5.92. The quantitative estimate of drug-likeness (QED) is 0.0376. The molecule has 2 N–H and O–H groups in total. The zero-order chi connectivity index (χ0) is 38.7. The fraction of sp³-hybridized carbons (Fsp3) is 0.638. The number of allylic oxidation sites excluding steroid dienone is 13. The molecule has 1 atom stereocenters. The van der Waals surface area contributed by atoms with Gasteiger partial charge in [0.2, 0.25) is 5.91 Å². The van der Waals surface area contributed by atoms with Crippen molar-refractivity contribution in [1.29, 1.82) is 0 Å². The molecule has 0 saturated carbocycles. The molecule has 0 aliphatic heterocycles. The second-order valence-electron chi connectivity index (χ2n) is 13.9. The Kier molecular flexibility index (Phi) is 38.7. The topological polar surface area (TPSA) is 92.7 Å². The third-order valence-electron chi connectivity index (χ3n) is 8.79. The summed E-state index contributed by atoms with van der Waals surface area (Å²) in [5.41, 5.74) is 0. The van der Waals surface area contributed by atoms with Gasteiger partial charge < -0.3 is 15.2 Å². The maximum atomic E-state index is 12.7. The van der Waals surface area contributed by atoms with E-state index in [0.29, 0.717) is 12.8 Å². The van der Waals surface area contributed by atoms with Gasteiger partial charge in [-0.15, -0.1) is 0 Å². The highest BCUT2D eigenvalue weighted by Crippen LogP contribution is 2.15. The fourth-order valence-electron chi connectivity index (χ4n) is 5.67. The number of esters is 1. The first-order chi connectivity index (χ1) is 26.0. The Hall–Kier alpha value is -3.41. The van der Waals surface area contributed by atoms with Crippen LogP contribution in [-0.4, -0.2) is 35.6 Å². The first-order valence-corrected chi connectivity index (χ1v) is 21.2. The van der Waals surface area contributed by atoms with E-state index in [1.165, 1.54) is 38.5 Å². The van der Waals surface area contributed by atoms with Crippen LogP contribution in [0.3, 0.4) is 0 Å². The molecule has 0 heterocycles. The van der Waals surface area contributed by atoms with Crippen LogP contribution in [0, 0.1) is 0 Å². The Labute approximate surface area is 325 Å². The number of carbonyl (C=O) groups excluding carboxylic acids is 2. The Morgan fingerprint density at radius 3 is 1.53 bits per heavy atom. The fourth-order valence-corrected chi connectivity index (χ4v) is 5.67. The van der Waals surface area contributed by atoms with Gasteiger partial charge in [0, 0.05) is 12.8 Å². The van der Waals surface area contributed by atoms with E-state index in [0.717, 1.165) is 116 Å². The van der Waals surface area contributed by atoms with Gasteiger partial charge in [0.1, 0.15) is 12.6 Å². The number of ether oxygens (including phenoxy) is 1.